The maximum absolute atomic E-state index is 12.2. The number of aryl methyl sites for hydroxylation is 1. The molecule has 6 heteroatoms. The fourth-order valence-corrected chi connectivity index (χ4v) is 2.13. The number of hydrogen-bond acceptors (Lipinski definition) is 4. The Balaban J connectivity index is 1.72. The van der Waals surface area contributed by atoms with Gasteiger partial charge in [-0.15, -0.1) is 0 Å². The van der Waals surface area contributed by atoms with Gasteiger partial charge in [0.05, 0.1) is 6.20 Å². The van der Waals surface area contributed by atoms with Crippen LogP contribution in [0.25, 0.3) is 0 Å². The van der Waals surface area contributed by atoms with Gasteiger partial charge in [-0.25, -0.2) is 0 Å². The third-order valence-electron chi connectivity index (χ3n) is 3.32. The van der Waals surface area contributed by atoms with Gasteiger partial charge >= 0.3 is 0 Å². The van der Waals surface area contributed by atoms with Crippen molar-refractivity contribution >= 4 is 11.6 Å². The molecule has 21 heavy (non-hydrogen) atoms. The number of nitrogens with zero attached hydrogens (tertiary/aromatic N) is 2. The van der Waals surface area contributed by atoms with E-state index in [0.717, 1.165) is 5.56 Å². The van der Waals surface area contributed by atoms with E-state index < -0.39 is 0 Å². The summed E-state index contributed by atoms with van der Waals surface area (Å²) in [4.78, 5) is 12.2. The molecule has 0 fully saturated rings. The molecule has 0 radical (unpaired) electrons. The predicted molar refractivity (Wildman–Crippen MR) is 77.7 cm³/mol. The first kappa shape index (κ1) is 13.5. The molecule has 2 heterocycles. The van der Waals surface area contributed by atoms with Gasteiger partial charge in [0, 0.05) is 18.0 Å². The summed E-state index contributed by atoms with van der Waals surface area (Å²) < 4.78 is 12.6. The number of hydrogen-bond donors (Lipinski definition) is 1. The first-order chi connectivity index (χ1) is 10.1. The first-order valence-corrected chi connectivity index (χ1v) is 6.85. The van der Waals surface area contributed by atoms with Crippen molar-refractivity contribution in [3.63, 3.8) is 0 Å². The highest BCUT2D eigenvalue weighted by molar-refractivity contribution is 5.93. The Bertz CT molecular complexity index is 666. The highest BCUT2D eigenvalue weighted by Crippen LogP contribution is 2.32. The summed E-state index contributed by atoms with van der Waals surface area (Å²) in [6.45, 7) is 4.82. The molecule has 2 aromatic rings. The lowest BCUT2D eigenvalue weighted by atomic mass is 10.2. The minimum absolute atomic E-state index is 0.130. The Morgan fingerprint density at radius 1 is 1.33 bits per heavy atom. The van der Waals surface area contributed by atoms with E-state index in [4.69, 9.17) is 9.47 Å². The minimum atomic E-state index is -0.382. The molecule has 1 aromatic carbocycles. The number of fused-ring (bicyclic) bond motifs is 1. The second-order valence-electron chi connectivity index (χ2n) is 5.02. The maximum Gasteiger partial charge on any atom is 0.248 e. The zero-order chi connectivity index (χ0) is 14.8. The number of aromatic nitrogens is 2. The van der Waals surface area contributed by atoms with Crippen LogP contribution in [-0.4, -0.2) is 28.9 Å². The van der Waals surface area contributed by atoms with Crippen molar-refractivity contribution in [3.8, 4) is 11.5 Å². The van der Waals surface area contributed by atoms with Gasteiger partial charge in [0.15, 0.2) is 11.5 Å². The van der Waals surface area contributed by atoms with Crippen LogP contribution in [0.1, 0.15) is 18.5 Å². The van der Waals surface area contributed by atoms with Gasteiger partial charge in [-0.05, 0) is 31.5 Å². The smallest absolute Gasteiger partial charge is 0.248 e. The number of amides is 1. The quantitative estimate of drug-likeness (QED) is 0.939. The van der Waals surface area contributed by atoms with Crippen LogP contribution in [-0.2, 0) is 4.79 Å². The molecule has 1 aliphatic rings. The molecule has 1 atom stereocenters. The van der Waals surface area contributed by atoms with Gasteiger partial charge < -0.3 is 14.8 Å². The molecule has 1 amide bonds. The number of rotatable bonds is 3. The fraction of sp³-hybridized carbons (Fsp3) is 0.333. The van der Waals surface area contributed by atoms with Crippen LogP contribution in [0.2, 0.25) is 0 Å². The third kappa shape index (κ3) is 2.84. The van der Waals surface area contributed by atoms with Crippen molar-refractivity contribution in [1.82, 2.24) is 9.78 Å². The molecular formula is C15H17N3O3. The summed E-state index contributed by atoms with van der Waals surface area (Å²) in [7, 11) is 0. The number of nitrogens with one attached hydrogen (secondary N) is 1. The molecule has 0 saturated heterocycles. The van der Waals surface area contributed by atoms with Crippen molar-refractivity contribution in [1.29, 1.82) is 0 Å². The van der Waals surface area contributed by atoms with Crippen molar-refractivity contribution in [2.24, 2.45) is 0 Å². The molecule has 1 unspecified atom stereocenters. The summed E-state index contributed by atoms with van der Waals surface area (Å²) in [6.07, 6.45) is 3.57. The van der Waals surface area contributed by atoms with Gasteiger partial charge in [0.1, 0.15) is 19.3 Å². The van der Waals surface area contributed by atoms with Crippen LogP contribution in [0.15, 0.2) is 30.6 Å². The fourth-order valence-electron chi connectivity index (χ4n) is 2.13. The van der Waals surface area contributed by atoms with Crippen LogP contribution < -0.4 is 14.8 Å². The van der Waals surface area contributed by atoms with Gasteiger partial charge in [-0.2, -0.15) is 5.10 Å². The molecule has 110 valence electrons. The molecule has 0 spiro atoms. The van der Waals surface area contributed by atoms with Crippen LogP contribution in [0, 0.1) is 6.92 Å². The highest BCUT2D eigenvalue weighted by Gasteiger charge is 2.17. The van der Waals surface area contributed by atoms with Gasteiger partial charge in [0.25, 0.3) is 0 Å². The molecule has 1 aliphatic heterocycles. The highest BCUT2D eigenvalue weighted by atomic mass is 16.6. The average Bonchev–Trinajstić information content (AvgIpc) is 2.93. The Morgan fingerprint density at radius 3 is 2.81 bits per heavy atom. The number of anilines is 1. The largest absolute Gasteiger partial charge is 0.486 e. The summed E-state index contributed by atoms with van der Waals surface area (Å²) in [5.74, 6) is 1.23. The van der Waals surface area contributed by atoms with E-state index in [0.29, 0.717) is 30.4 Å². The lowest BCUT2D eigenvalue weighted by Gasteiger charge is -2.19. The van der Waals surface area contributed by atoms with E-state index in [9.17, 15) is 4.79 Å². The van der Waals surface area contributed by atoms with E-state index in [2.05, 4.69) is 10.4 Å². The molecular weight excluding hydrogens is 270 g/mol. The van der Waals surface area contributed by atoms with Gasteiger partial charge in [0.2, 0.25) is 5.91 Å². The van der Waals surface area contributed by atoms with Crippen molar-refractivity contribution in [2.45, 2.75) is 19.9 Å². The molecule has 0 saturated carbocycles. The van der Waals surface area contributed by atoms with Crippen molar-refractivity contribution in [2.75, 3.05) is 18.5 Å². The second kappa shape index (κ2) is 5.47. The minimum Gasteiger partial charge on any atom is -0.486 e. The summed E-state index contributed by atoms with van der Waals surface area (Å²) in [6, 6.07) is 4.99. The molecule has 0 bridgehead atoms. The second-order valence-corrected chi connectivity index (χ2v) is 5.02. The van der Waals surface area contributed by atoms with Crippen LogP contribution in [0.5, 0.6) is 11.5 Å². The Morgan fingerprint density at radius 2 is 2.10 bits per heavy atom. The summed E-state index contributed by atoms with van der Waals surface area (Å²) in [5.41, 5.74) is 1.70. The molecule has 0 aliphatic carbocycles. The number of benzene rings is 1. The zero-order valence-corrected chi connectivity index (χ0v) is 12.0. The van der Waals surface area contributed by atoms with Crippen molar-refractivity contribution < 1.29 is 14.3 Å². The van der Waals surface area contributed by atoms with E-state index in [1.807, 2.05) is 13.1 Å². The van der Waals surface area contributed by atoms with Crippen LogP contribution >= 0.6 is 0 Å². The van der Waals surface area contributed by atoms with E-state index in [1.165, 1.54) is 0 Å². The predicted octanol–water partition coefficient (Wildman–Crippen LogP) is 2.16. The SMILES string of the molecule is Cc1cnn(C(C)C(=O)Nc2ccc3c(c2)OCCO3)c1. The standard InChI is InChI=1S/C15H17N3O3/c1-10-8-16-18(9-10)11(2)15(19)17-12-3-4-13-14(7-12)21-6-5-20-13/h3-4,7-9,11H,5-6H2,1-2H3,(H,17,19). The van der Waals surface area contributed by atoms with Gasteiger partial charge in [-0.3, -0.25) is 9.48 Å². The normalized spacial score (nSPS) is 14.6. The van der Waals surface area contributed by atoms with Crippen molar-refractivity contribution in [3.05, 3.63) is 36.2 Å². The lowest BCUT2D eigenvalue weighted by Crippen LogP contribution is -2.24. The maximum atomic E-state index is 12.2. The monoisotopic (exact) mass is 287 g/mol. The molecule has 3 rings (SSSR count). The molecule has 1 N–H and O–H groups in total. The van der Waals surface area contributed by atoms with E-state index >= 15 is 0 Å². The Hall–Kier alpha value is -2.50. The number of ether oxygens (including phenoxy) is 2. The Kier molecular flexibility index (Phi) is 3.51. The summed E-state index contributed by atoms with van der Waals surface area (Å²) in [5, 5.41) is 7.02. The first-order valence-electron chi connectivity index (χ1n) is 6.85. The number of carbonyl (C=O) groups excluding carboxylic acids is 1. The van der Waals surface area contributed by atoms with Crippen LogP contribution in [0.3, 0.4) is 0 Å². The lowest BCUT2D eigenvalue weighted by molar-refractivity contribution is -0.119. The topological polar surface area (TPSA) is 65.4 Å². The third-order valence-corrected chi connectivity index (χ3v) is 3.32. The summed E-state index contributed by atoms with van der Waals surface area (Å²) >= 11 is 0. The Labute approximate surface area is 122 Å². The number of carbonyl (C=O) groups is 1. The molecule has 1 aromatic heterocycles. The van der Waals surface area contributed by atoms with Gasteiger partial charge in [-0.1, -0.05) is 0 Å². The average molecular weight is 287 g/mol. The van der Waals surface area contributed by atoms with E-state index in [1.54, 1.807) is 36.0 Å². The zero-order valence-electron chi connectivity index (χ0n) is 12.0. The van der Waals surface area contributed by atoms with Crippen LogP contribution in [0.4, 0.5) is 5.69 Å². The van der Waals surface area contributed by atoms with E-state index in [-0.39, 0.29) is 11.9 Å². The molecule has 6 nitrogen and oxygen atoms in total.